The maximum atomic E-state index is 10.6. The molecule has 0 saturated carbocycles. The molecule has 0 bridgehead atoms. The van der Waals surface area contributed by atoms with Crippen LogP contribution in [0.15, 0.2) is 10.2 Å². The van der Waals surface area contributed by atoms with Crippen LogP contribution in [0.2, 0.25) is 0 Å². The zero-order valence-electron chi connectivity index (χ0n) is 5.79. The molecule has 0 N–H and O–H groups in total. The van der Waals surface area contributed by atoms with Crippen molar-refractivity contribution in [3.05, 3.63) is 0 Å². The van der Waals surface area contributed by atoms with Crippen LogP contribution in [-0.2, 0) is 25.9 Å². The first-order chi connectivity index (χ1) is 4.22. The smallest absolute Gasteiger partial charge is 0.375 e. The molecule has 1 unspecified atom stereocenters. The molecule has 0 saturated heterocycles. The third-order valence-corrected chi connectivity index (χ3v) is 1.18. The molecular weight excluding hydrogens is 300 g/mol. The fraction of sp³-hybridized carbons (Fsp3) is 0.500. The molecule has 1 rings (SSSR count). The van der Waals surface area contributed by atoms with Crippen molar-refractivity contribution in [3.8, 4) is 0 Å². The summed E-state index contributed by atoms with van der Waals surface area (Å²) in [5.41, 5.74) is 0.509. The van der Waals surface area contributed by atoms with Crippen LogP contribution in [0.1, 0.15) is 13.8 Å². The summed E-state index contributed by atoms with van der Waals surface area (Å²) in [5, 5.41) is 7.08. The van der Waals surface area contributed by atoms with Gasteiger partial charge in [0.05, 0.1) is 5.71 Å². The zero-order chi connectivity index (χ0) is 6.85. The molecule has 0 amide bonds. The topological polar surface area (TPSA) is 41.8 Å². The molecule has 1 atom stereocenters. The van der Waals surface area contributed by atoms with Gasteiger partial charge in [-0.3, -0.25) is 4.79 Å². The number of Topliss-reactive ketones (excluding diaryl/α,β-unsaturated/α-hetero) is 1. The Morgan fingerprint density at radius 2 is 2.30 bits per heavy atom. The molecule has 0 fully saturated rings. The van der Waals surface area contributed by atoms with Crippen LogP contribution in [0.25, 0.3) is 0 Å². The molecule has 0 aromatic carbocycles. The van der Waals surface area contributed by atoms with E-state index in [9.17, 15) is 4.79 Å². The number of carbonyl (C=O) groups excluding carboxylic acids is 1. The van der Waals surface area contributed by atoms with E-state index >= 15 is 0 Å². The van der Waals surface area contributed by atoms with Crippen molar-refractivity contribution in [3.63, 3.8) is 0 Å². The number of carbonyl (C=O) groups is 1. The molecule has 0 spiro atoms. The van der Waals surface area contributed by atoms with E-state index in [4.69, 9.17) is 0 Å². The van der Waals surface area contributed by atoms with Gasteiger partial charge < -0.3 is 11.3 Å². The Morgan fingerprint density at radius 3 is 2.50 bits per heavy atom. The predicted molar refractivity (Wildman–Crippen MR) is 34.7 cm³/mol. The van der Waals surface area contributed by atoms with Gasteiger partial charge in [0.1, 0.15) is 0 Å². The first-order valence-electron chi connectivity index (χ1n) is 2.76. The minimum atomic E-state index is -0.0174. The normalized spacial score (nSPS) is 21.8. The van der Waals surface area contributed by atoms with Gasteiger partial charge >= 0.3 is 21.1 Å². The predicted octanol–water partition coefficient (Wildman–Crippen LogP) is 0.526. The standard InChI is InChI=1S/C6H7N2O.W/c1-4-3-7-8-6(4)5(2)9;/h4H,1-2H3;/q-1;+2. The van der Waals surface area contributed by atoms with Gasteiger partial charge in [-0.2, -0.15) is 5.10 Å². The van der Waals surface area contributed by atoms with Crippen LogP contribution in [0.5, 0.6) is 0 Å². The van der Waals surface area contributed by atoms with E-state index in [0.29, 0.717) is 5.71 Å². The minimum Gasteiger partial charge on any atom is -0.375 e. The van der Waals surface area contributed by atoms with E-state index < -0.39 is 0 Å². The summed E-state index contributed by atoms with van der Waals surface area (Å²) in [5.74, 6) is -0.0289. The van der Waals surface area contributed by atoms with Gasteiger partial charge in [-0.15, -0.1) is 5.92 Å². The summed E-state index contributed by atoms with van der Waals surface area (Å²) in [6.07, 6.45) is 2.65. The van der Waals surface area contributed by atoms with Crippen molar-refractivity contribution in [2.45, 2.75) is 13.8 Å². The van der Waals surface area contributed by atoms with Crippen molar-refractivity contribution >= 4 is 17.7 Å². The van der Waals surface area contributed by atoms with E-state index in [-0.39, 0.29) is 32.8 Å². The third kappa shape index (κ3) is 1.84. The van der Waals surface area contributed by atoms with Gasteiger partial charge in [-0.05, 0) is 0 Å². The molecule has 1 aliphatic rings. The number of nitrogens with zero attached hydrogens (tertiary/aromatic N) is 2. The molecular formula is C6H7N2OW+. The van der Waals surface area contributed by atoms with E-state index in [1.54, 1.807) is 0 Å². The first-order valence-corrected chi connectivity index (χ1v) is 2.76. The summed E-state index contributed by atoms with van der Waals surface area (Å²) in [6, 6.07) is 0. The summed E-state index contributed by atoms with van der Waals surface area (Å²) < 4.78 is 0. The Balaban J connectivity index is 0.000000810. The third-order valence-electron chi connectivity index (χ3n) is 1.18. The largest absolute Gasteiger partial charge is 2.00 e. The second-order valence-corrected chi connectivity index (χ2v) is 1.99. The fourth-order valence-electron chi connectivity index (χ4n) is 0.692. The zero-order valence-corrected chi connectivity index (χ0v) is 8.72. The van der Waals surface area contributed by atoms with E-state index in [1.165, 1.54) is 6.92 Å². The summed E-state index contributed by atoms with van der Waals surface area (Å²) >= 11 is 0. The monoisotopic (exact) mass is 307 g/mol. The molecule has 0 aromatic heterocycles. The van der Waals surface area contributed by atoms with Crippen molar-refractivity contribution < 1.29 is 25.9 Å². The maximum absolute atomic E-state index is 10.6. The van der Waals surface area contributed by atoms with E-state index in [0.717, 1.165) is 0 Å². The molecule has 1 aliphatic heterocycles. The first kappa shape index (κ1) is 9.70. The number of ketones is 1. The summed E-state index contributed by atoms with van der Waals surface area (Å²) in [7, 11) is 0. The van der Waals surface area contributed by atoms with Crippen LogP contribution in [0, 0.1) is 5.92 Å². The Kier molecular flexibility index (Phi) is 3.65. The van der Waals surface area contributed by atoms with Crippen LogP contribution < -0.4 is 0 Å². The van der Waals surface area contributed by atoms with Crippen molar-refractivity contribution in [2.24, 2.45) is 16.1 Å². The Hall–Kier alpha value is -0.302. The minimum absolute atomic E-state index is 0. The van der Waals surface area contributed by atoms with Crippen molar-refractivity contribution in [2.75, 3.05) is 0 Å². The molecule has 0 aliphatic carbocycles. The molecule has 0 radical (unpaired) electrons. The fourth-order valence-corrected chi connectivity index (χ4v) is 0.692. The Labute approximate surface area is 73.9 Å². The average Bonchev–Trinajstić information content (AvgIpc) is 2.13. The Morgan fingerprint density at radius 1 is 1.70 bits per heavy atom. The molecule has 1 heterocycles. The van der Waals surface area contributed by atoms with Gasteiger partial charge in [0, 0.05) is 6.92 Å². The van der Waals surface area contributed by atoms with Crippen LogP contribution in [-0.4, -0.2) is 17.7 Å². The molecule has 52 valence electrons. The van der Waals surface area contributed by atoms with Crippen LogP contribution in [0.4, 0.5) is 0 Å². The van der Waals surface area contributed by atoms with Gasteiger partial charge in [0.15, 0.2) is 5.78 Å². The summed E-state index contributed by atoms with van der Waals surface area (Å²) in [6.45, 7) is 3.33. The van der Waals surface area contributed by atoms with Gasteiger partial charge in [0.2, 0.25) is 0 Å². The quantitative estimate of drug-likeness (QED) is 0.652. The molecule has 0 aromatic rings. The van der Waals surface area contributed by atoms with Crippen molar-refractivity contribution in [1.82, 2.24) is 0 Å². The average molecular weight is 307 g/mol. The van der Waals surface area contributed by atoms with Crippen molar-refractivity contribution in [1.29, 1.82) is 0 Å². The number of hydrogen-bond acceptors (Lipinski definition) is 3. The maximum Gasteiger partial charge on any atom is 2.00 e. The van der Waals surface area contributed by atoms with Gasteiger partial charge in [-0.1, -0.05) is 6.92 Å². The molecule has 3 nitrogen and oxygen atoms in total. The van der Waals surface area contributed by atoms with Crippen LogP contribution >= 0.6 is 0 Å². The van der Waals surface area contributed by atoms with Gasteiger partial charge in [0.25, 0.3) is 0 Å². The number of rotatable bonds is 1. The number of hydrogen-bond donors (Lipinski definition) is 0. The van der Waals surface area contributed by atoms with Gasteiger partial charge in [-0.25, -0.2) is 0 Å². The second-order valence-electron chi connectivity index (χ2n) is 1.99. The van der Waals surface area contributed by atoms with E-state index in [1.807, 2.05) is 6.92 Å². The second kappa shape index (κ2) is 3.77. The SMILES string of the molecule is CC(=O)C1=NN=[C-]C1C.[W+2]. The summed E-state index contributed by atoms with van der Waals surface area (Å²) in [4.78, 5) is 10.6. The Bertz CT molecular complexity index is 198. The van der Waals surface area contributed by atoms with Crippen LogP contribution in [0.3, 0.4) is 0 Å². The van der Waals surface area contributed by atoms with E-state index in [2.05, 4.69) is 16.4 Å². The molecule has 4 heteroatoms. The molecule has 10 heavy (non-hydrogen) atoms.